The summed E-state index contributed by atoms with van der Waals surface area (Å²) in [7, 11) is 4.11. The van der Waals surface area contributed by atoms with E-state index in [0.717, 1.165) is 56.9 Å². The van der Waals surface area contributed by atoms with Crippen LogP contribution >= 0.6 is 11.3 Å². The van der Waals surface area contributed by atoms with Crippen LogP contribution in [0.3, 0.4) is 0 Å². The summed E-state index contributed by atoms with van der Waals surface area (Å²) in [4.78, 5) is 11.5. The van der Waals surface area contributed by atoms with Gasteiger partial charge in [0.25, 0.3) is 0 Å². The summed E-state index contributed by atoms with van der Waals surface area (Å²) in [6, 6.07) is 8.53. The molecule has 4 rings (SSSR count). The number of fused-ring (bicyclic) bond motifs is 1. The summed E-state index contributed by atoms with van der Waals surface area (Å²) in [6.45, 7) is 12.9. The normalized spacial score (nSPS) is 13.1. The van der Waals surface area contributed by atoms with Crippen molar-refractivity contribution in [1.82, 2.24) is 25.1 Å². The van der Waals surface area contributed by atoms with E-state index in [1.165, 1.54) is 4.88 Å². The number of H-pyrrole nitrogens is 2. The Balaban J connectivity index is 1.77. The Kier molecular flexibility index (Phi) is 7.44. The van der Waals surface area contributed by atoms with Crippen molar-refractivity contribution in [3.05, 3.63) is 107 Å². The maximum absolute atomic E-state index is 4.64. The summed E-state index contributed by atoms with van der Waals surface area (Å²) >= 11 is 1.72. The minimum absolute atomic E-state index is 0.689. The molecule has 0 fully saturated rings. The molecule has 178 valence electrons. The smallest absolute Gasteiger partial charge is 0.181 e. The summed E-state index contributed by atoms with van der Waals surface area (Å²) < 4.78 is 0. The fraction of sp³-hybridized carbons (Fsp3) is 0.172. The first-order chi connectivity index (χ1) is 16.9. The zero-order valence-corrected chi connectivity index (χ0v) is 21.5. The van der Waals surface area contributed by atoms with Gasteiger partial charge in [0.2, 0.25) is 0 Å². The van der Waals surface area contributed by atoms with Crippen LogP contribution < -0.4 is 0 Å². The van der Waals surface area contributed by atoms with Gasteiger partial charge >= 0.3 is 0 Å². The van der Waals surface area contributed by atoms with Crippen LogP contribution in [-0.2, 0) is 0 Å². The van der Waals surface area contributed by atoms with Gasteiger partial charge in [-0.15, -0.1) is 11.3 Å². The average molecular weight is 482 g/mol. The highest BCUT2D eigenvalue weighted by molar-refractivity contribution is 7.11. The molecule has 4 aromatic rings. The molecular weight excluding hydrogens is 450 g/mol. The van der Waals surface area contributed by atoms with E-state index in [0.29, 0.717) is 5.65 Å². The first-order valence-corrected chi connectivity index (χ1v) is 12.4. The van der Waals surface area contributed by atoms with Gasteiger partial charge in [-0.05, 0) is 62.7 Å². The summed E-state index contributed by atoms with van der Waals surface area (Å²) in [5.74, 6) is 0. The van der Waals surface area contributed by atoms with Gasteiger partial charge in [0.15, 0.2) is 5.65 Å². The van der Waals surface area contributed by atoms with Crippen molar-refractivity contribution in [3.8, 4) is 11.4 Å². The van der Waals surface area contributed by atoms with E-state index < -0.39 is 0 Å². The van der Waals surface area contributed by atoms with Gasteiger partial charge in [-0.25, -0.2) is 4.98 Å². The Bertz CT molecular complexity index is 1440. The number of hydrogen-bond donors (Lipinski definition) is 2. The van der Waals surface area contributed by atoms with Crippen molar-refractivity contribution in [1.29, 1.82) is 0 Å². The van der Waals surface area contributed by atoms with Crippen molar-refractivity contribution < 1.29 is 0 Å². The molecule has 0 spiro atoms. The van der Waals surface area contributed by atoms with Crippen molar-refractivity contribution in [2.45, 2.75) is 13.8 Å². The SMILES string of the molecule is C=C/C=C(/c1cccs1)c1cc(-c2[nH]nc3ncc(C(/C=C(\C=C)CN(C)C)=C/C)cc23)[nH]c1C. The minimum atomic E-state index is 0.689. The zero-order valence-electron chi connectivity index (χ0n) is 20.7. The Labute approximate surface area is 210 Å². The Morgan fingerprint density at radius 3 is 2.71 bits per heavy atom. The van der Waals surface area contributed by atoms with Crippen LogP contribution in [0.2, 0.25) is 0 Å². The van der Waals surface area contributed by atoms with Crippen LogP contribution in [0, 0.1) is 6.92 Å². The van der Waals surface area contributed by atoms with E-state index in [1.807, 2.05) is 25.3 Å². The van der Waals surface area contributed by atoms with Crippen molar-refractivity contribution >= 4 is 33.5 Å². The third kappa shape index (κ3) is 5.19. The van der Waals surface area contributed by atoms with Gasteiger partial charge < -0.3 is 9.88 Å². The number of allylic oxidation sites excluding steroid dienone is 5. The maximum Gasteiger partial charge on any atom is 0.181 e. The number of nitrogens with one attached hydrogen (secondary N) is 2. The second-order valence-electron chi connectivity index (χ2n) is 8.61. The largest absolute Gasteiger partial charge is 0.357 e. The number of aryl methyl sites for hydroxylation is 1. The van der Waals surface area contributed by atoms with E-state index in [-0.39, 0.29) is 0 Å². The highest BCUT2D eigenvalue weighted by atomic mass is 32.1. The summed E-state index contributed by atoms with van der Waals surface area (Å²) in [6.07, 6.45) is 12.0. The van der Waals surface area contributed by atoms with Crippen LogP contribution in [0.25, 0.3) is 33.6 Å². The van der Waals surface area contributed by atoms with Crippen molar-refractivity contribution in [2.24, 2.45) is 0 Å². The number of aromatic amines is 2. The van der Waals surface area contributed by atoms with Gasteiger partial charge in [0.1, 0.15) is 0 Å². The van der Waals surface area contributed by atoms with E-state index in [1.54, 1.807) is 11.3 Å². The van der Waals surface area contributed by atoms with Crippen molar-refractivity contribution in [2.75, 3.05) is 20.6 Å². The summed E-state index contributed by atoms with van der Waals surface area (Å²) in [5.41, 5.74) is 9.25. The van der Waals surface area contributed by atoms with E-state index in [4.69, 9.17) is 0 Å². The van der Waals surface area contributed by atoms with E-state index >= 15 is 0 Å². The quantitative estimate of drug-likeness (QED) is 0.253. The van der Waals surface area contributed by atoms with E-state index in [2.05, 4.69) is 107 Å². The Morgan fingerprint density at radius 2 is 2.06 bits per heavy atom. The molecule has 0 aliphatic rings. The number of nitrogens with zero attached hydrogens (tertiary/aromatic N) is 3. The second kappa shape index (κ2) is 10.7. The van der Waals surface area contributed by atoms with Crippen molar-refractivity contribution in [3.63, 3.8) is 0 Å². The molecule has 6 heteroatoms. The molecule has 0 bridgehead atoms. The topological polar surface area (TPSA) is 60.6 Å². The van der Waals surface area contributed by atoms with Gasteiger partial charge in [-0.3, -0.25) is 5.10 Å². The molecule has 4 aromatic heterocycles. The lowest BCUT2D eigenvalue weighted by molar-refractivity contribution is 0.449. The van der Waals surface area contributed by atoms with Gasteiger partial charge in [0, 0.05) is 45.4 Å². The Morgan fingerprint density at radius 1 is 1.23 bits per heavy atom. The number of rotatable bonds is 9. The predicted molar refractivity (Wildman–Crippen MR) is 150 cm³/mol. The first-order valence-electron chi connectivity index (χ1n) is 11.5. The lowest BCUT2D eigenvalue weighted by Crippen LogP contribution is -2.14. The molecule has 0 radical (unpaired) electrons. The highest BCUT2D eigenvalue weighted by Gasteiger charge is 2.17. The average Bonchev–Trinajstić information content (AvgIpc) is 3.59. The zero-order chi connectivity index (χ0) is 24.9. The lowest BCUT2D eigenvalue weighted by atomic mass is 10.0. The molecule has 5 nitrogen and oxygen atoms in total. The van der Waals surface area contributed by atoms with Gasteiger partial charge in [-0.2, -0.15) is 5.10 Å². The number of aromatic nitrogens is 4. The summed E-state index contributed by atoms with van der Waals surface area (Å²) in [5, 5.41) is 10.7. The molecule has 0 aliphatic carbocycles. The highest BCUT2D eigenvalue weighted by Crippen LogP contribution is 2.34. The molecule has 2 N–H and O–H groups in total. The van der Waals surface area contributed by atoms with E-state index in [9.17, 15) is 0 Å². The third-order valence-electron chi connectivity index (χ3n) is 5.80. The third-order valence-corrected chi connectivity index (χ3v) is 6.70. The number of pyridine rings is 1. The maximum atomic E-state index is 4.64. The molecular formula is C29H31N5S. The number of hydrogen-bond acceptors (Lipinski definition) is 4. The van der Waals surface area contributed by atoms with Gasteiger partial charge in [-0.1, -0.05) is 49.6 Å². The molecule has 0 aromatic carbocycles. The fourth-order valence-corrected chi connectivity index (χ4v) is 4.92. The number of thiophene rings is 1. The molecule has 0 aliphatic heterocycles. The monoisotopic (exact) mass is 481 g/mol. The standard InChI is InChI=1S/C29H31N5S/c1-7-11-23(27-12-10-13-35-27)24-16-26(31-19(24)4)28-25-15-22(17-30-29(25)33-32-28)21(9-3)14-20(8-2)18-34(5)6/h7-17,31H,1-2,18H2,3-6H3,(H,30,32,33)/b20-14+,21-9+,23-11+. The Hall–Kier alpha value is -3.74. The van der Waals surface area contributed by atoms with Crippen LogP contribution in [-0.4, -0.2) is 45.7 Å². The molecule has 0 saturated heterocycles. The van der Waals surface area contributed by atoms with Crippen LogP contribution in [0.5, 0.6) is 0 Å². The molecule has 0 amide bonds. The molecule has 0 atom stereocenters. The van der Waals surface area contributed by atoms with Crippen LogP contribution in [0.15, 0.2) is 85.0 Å². The van der Waals surface area contributed by atoms with Gasteiger partial charge in [0.05, 0.1) is 11.4 Å². The minimum Gasteiger partial charge on any atom is -0.357 e. The lowest BCUT2D eigenvalue weighted by Gasteiger charge is -2.11. The molecule has 4 heterocycles. The van der Waals surface area contributed by atoms with Crippen LogP contribution in [0.4, 0.5) is 0 Å². The first kappa shape index (κ1) is 24.4. The molecule has 0 unspecified atom stereocenters. The fourth-order valence-electron chi connectivity index (χ4n) is 4.16. The molecule has 35 heavy (non-hydrogen) atoms. The van der Waals surface area contributed by atoms with Crippen LogP contribution in [0.1, 0.15) is 28.6 Å². The molecule has 0 saturated carbocycles. The predicted octanol–water partition coefficient (Wildman–Crippen LogP) is 7.02. The number of likely N-dealkylation sites (N-methyl/N-ethyl adjacent to an activating group) is 1. The second-order valence-corrected chi connectivity index (χ2v) is 9.56.